The minimum Gasteiger partial charge on any atom is -0.453 e. The van der Waals surface area contributed by atoms with E-state index in [2.05, 4.69) is 6.07 Å². The molecule has 5 rings (SSSR count). The molecule has 0 saturated carbocycles. The van der Waals surface area contributed by atoms with Crippen LogP contribution in [-0.2, 0) is 11.2 Å². The third-order valence-electron chi connectivity index (χ3n) is 5.12. The first-order valence-electron chi connectivity index (χ1n) is 8.09. The molecule has 24 heavy (non-hydrogen) atoms. The van der Waals surface area contributed by atoms with Crippen LogP contribution in [0.1, 0.15) is 37.9 Å². The highest BCUT2D eigenvalue weighted by atomic mass is 16.5. The zero-order valence-corrected chi connectivity index (χ0v) is 12.9. The van der Waals surface area contributed by atoms with Crippen LogP contribution in [-0.4, -0.2) is 11.8 Å². The normalized spacial score (nSPS) is 21.7. The highest BCUT2D eigenvalue weighted by Gasteiger charge is 2.44. The van der Waals surface area contributed by atoms with Crippen LogP contribution in [0, 0.1) is 5.92 Å². The van der Waals surface area contributed by atoms with Gasteiger partial charge in [0.05, 0.1) is 11.5 Å². The van der Waals surface area contributed by atoms with Crippen molar-refractivity contribution >= 4 is 22.5 Å². The molecule has 0 fully saturated rings. The maximum atomic E-state index is 13.1. The summed E-state index contributed by atoms with van der Waals surface area (Å²) in [7, 11) is 0. The molecule has 116 valence electrons. The largest absolute Gasteiger partial charge is 0.453 e. The Hall–Kier alpha value is -2.94. The summed E-state index contributed by atoms with van der Waals surface area (Å²) in [5, 5.41) is 2.05. The molecule has 3 nitrogen and oxygen atoms in total. The molecule has 0 saturated heterocycles. The number of esters is 1. The van der Waals surface area contributed by atoms with Gasteiger partial charge >= 0.3 is 5.97 Å². The maximum absolute atomic E-state index is 13.1. The number of hydrogen-bond acceptors (Lipinski definition) is 3. The molecule has 0 radical (unpaired) electrons. The van der Waals surface area contributed by atoms with Crippen LogP contribution in [0.2, 0.25) is 0 Å². The number of benzene rings is 3. The van der Waals surface area contributed by atoms with Gasteiger partial charge in [-0.3, -0.25) is 4.79 Å². The molecule has 3 aromatic carbocycles. The zero-order valence-electron chi connectivity index (χ0n) is 12.9. The first-order chi connectivity index (χ1) is 11.7. The van der Waals surface area contributed by atoms with Crippen molar-refractivity contribution in [3.05, 3.63) is 82.9 Å². The van der Waals surface area contributed by atoms with E-state index >= 15 is 0 Å². The second kappa shape index (κ2) is 4.78. The minimum absolute atomic E-state index is 0.0799. The molecule has 2 unspecified atom stereocenters. The van der Waals surface area contributed by atoms with Gasteiger partial charge in [-0.2, -0.15) is 0 Å². The number of carbonyl (C=O) groups excluding carboxylic acids is 2. The Balaban J connectivity index is 1.62. The molecule has 0 aromatic heterocycles. The quantitative estimate of drug-likeness (QED) is 0.635. The number of ether oxygens (including phenoxy) is 1. The number of ketones is 1. The van der Waals surface area contributed by atoms with Crippen molar-refractivity contribution in [1.82, 2.24) is 0 Å². The highest BCUT2D eigenvalue weighted by molar-refractivity contribution is 6.13. The predicted molar refractivity (Wildman–Crippen MR) is 90.1 cm³/mol. The van der Waals surface area contributed by atoms with E-state index in [-0.39, 0.29) is 17.7 Å². The Morgan fingerprint density at radius 2 is 1.67 bits per heavy atom. The average Bonchev–Trinajstić information content (AvgIpc) is 3.13. The molecule has 0 spiro atoms. The molecular formula is C21H14O3. The Kier molecular flexibility index (Phi) is 2.69. The van der Waals surface area contributed by atoms with Crippen LogP contribution in [0.25, 0.3) is 10.8 Å². The summed E-state index contributed by atoms with van der Waals surface area (Å²) in [6, 6.07) is 19.4. The van der Waals surface area contributed by atoms with Gasteiger partial charge in [-0.1, -0.05) is 54.6 Å². The average molecular weight is 314 g/mol. The second-order valence-corrected chi connectivity index (χ2v) is 6.41. The summed E-state index contributed by atoms with van der Waals surface area (Å²) >= 11 is 0. The van der Waals surface area contributed by atoms with E-state index in [0.29, 0.717) is 12.0 Å². The van der Waals surface area contributed by atoms with Crippen molar-refractivity contribution in [2.75, 3.05) is 0 Å². The lowest BCUT2D eigenvalue weighted by Gasteiger charge is -2.16. The van der Waals surface area contributed by atoms with Crippen molar-refractivity contribution < 1.29 is 14.3 Å². The fraction of sp³-hybridized carbons (Fsp3) is 0.143. The number of hydrogen-bond donors (Lipinski definition) is 0. The third kappa shape index (κ3) is 1.72. The third-order valence-corrected chi connectivity index (χ3v) is 5.12. The first kappa shape index (κ1) is 13.5. The molecule has 1 aliphatic heterocycles. The van der Waals surface area contributed by atoms with Crippen LogP contribution >= 0.6 is 0 Å². The van der Waals surface area contributed by atoms with Gasteiger partial charge in [-0.25, -0.2) is 4.79 Å². The Morgan fingerprint density at radius 1 is 0.875 bits per heavy atom. The van der Waals surface area contributed by atoms with Crippen molar-refractivity contribution in [3.63, 3.8) is 0 Å². The van der Waals surface area contributed by atoms with Gasteiger partial charge in [0, 0.05) is 11.1 Å². The van der Waals surface area contributed by atoms with Gasteiger partial charge in [-0.05, 0) is 28.8 Å². The van der Waals surface area contributed by atoms with E-state index in [0.717, 1.165) is 27.5 Å². The van der Waals surface area contributed by atoms with E-state index in [1.165, 1.54) is 0 Å². The SMILES string of the molecule is O=C1OC(C2Cc3ccc4ccccc4c3C2=O)c2ccccc21. The van der Waals surface area contributed by atoms with Crippen molar-refractivity contribution in [2.45, 2.75) is 12.5 Å². The zero-order chi connectivity index (χ0) is 16.3. The summed E-state index contributed by atoms with van der Waals surface area (Å²) in [6.45, 7) is 0. The molecule has 2 aliphatic rings. The lowest BCUT2D eigenvalue weighted by molar-refractivity contribution is 0.0252. The Morgan fingerprint density at radius 3 is 2.58 bits per heavy atom. The van der Waals surface area contributed by atoms with Crippen LogP contribution in [0.3, 0.4) is 0 Å². The summed E-state index contributed by atoms with van der Waals surface area (Å²) in [4.78, 5) is 25.2. The van der Waals surface area contributed by atoms with Gasteiger partial charge in [0.25, 0.3) is 0 Å². The highest BCUT2D eigenvalue weighted by Crippen LogP contribution is 2.44. The number of carbonyl (C=O) groups is 2. The molecule has 0 amide bonds. The molecule has 0 N–H and O–H groups in total. The van der Waals surface area contributed by atoms with E-state index < -0.39 is 6.10 Å². The summed E-state index contributed by atoms with van der Waals surface area (Å²) < 4.78 is 5.57. The van der Waals surface area contributed by atoms with Crippen LogP contribution in [0.4, 0.5) is 0 Å². The van der Waals surface area contributed by atoms with E-state index in [1.807, 2.05) is 48.5 Å². The fourth-order valence-corrected chi connectivity index (χ4v) is 4.01. The van der Waals surface area contributed by atoms with Gasteiger partial charge in [0.1, 0.15) is 6.10 Å². The summed E-state index contributed by atoms with van der Waals surface area (Å²) in [5.41, 5.74) is 3.25. The fourth-order valence-electron chi connectivity index (χ4n) is 4.01. The van der Waals surface area contributed by atoms with Crippen molar-refractivity contribution in [2.24, 2.45) is 5.92 Å². The molecule has 1 aliphatic carbocycles. The summed E-state index contributed by atoms with van der Waals surface area (Å²) in [5.74, 6) is -0.584. The molecule has 3 aromatic rings. The topological polar surface area (TPSA) is 43.4 Å². The summed E-state index contributed by atoms with van der Waals surface area (Å²) in [6.07, 6.45) is 0.137. The Labute approximate surface area is 138 Å². The van der Waals surface area contributed by atoms with Crippen LogP contribution in [0.5, 0.6) is 0 Å². The second-order valence-electron chi connectivity index (χ2n) is 6.41. The molecule has 1 heterocycles. The maximum Gasteiger partial charge on any atom is 0.339 e. The number of Topliss-reactive ketones (excluding diaryl/α,β-unsaturated/α-hetero) is 1. The van der Waals surface area contributed by atoms with Crippen molar-refractivity contribution in [1.29, 1.82) is 0 Å². The lowest BCUT2D eigenvalue weighted by Crippen LogP contribution is -2.19. The van der Waals surface area contributed by atoms with Gasteiger partial charge in [-0.15, -0.1) is 0 Å². The monoisotopic (exact) mass is 314 g/mol. The lowest BCUT2D eigenvalue weighted by atomic mass is 9.91. The first-order valence-corrected chi connectivity index (χ1v) is 8.09. The Bertz CT molecular complexity index is 1020. The molecule has 2 atom stereocenters. The minimum atomic E-state index is -0.479. The van der Waals surface area contributed by atoms with Crippen LogP contribution < -0.4 is 0 Å². The number of cyclic esters (lactones) is 1. The molecule has 3 heteroatoms. The molecular weight excluding hydrogens is 300 g/mol. The smallest absolute Gasteiger partial charge is 0.339 e. The van der Waals surface area contributed by atoms with Gasteiger partial charge in [0.2, 0.25) is 0 Å². The van der Waals surface area contributed by atoms with Crippen molar-refractivity contribution in [3.8, 4) is 0 Å². The van der Waals surface area contributed by atoms with E-state index in [9.17, 15) is 9.59 Å². The predicted octanol–water partition coefficient (Wildman–Crippen LogP) is 4.11. The van der Waals surface area contributed by atoms with Gasteiger partial charge in [0.15, 0.2) is 5.78 Å². The number of rotatable bonds is 1. The van der Waals surface area contributed by atoms with Gasteiger partial charge < -0.3 is 4.74 Å². The number of fused-ring (bicyclic) bond motifs is 4. The van der Waals surface area contributed by atoms with Crippen LogP contribution in [0.15, 0.2) is 60.7 Å². The standard InChI is InChI=1S/C21H14O3/c22-19-17(20-15-7-3-4-8-16(15)21(23)24-20)11-13-10-9-12-5-1-2-6-14(12)18(13)19/h1-10,17,20H,11H2. The van der Waals surface area contributed by atoms with E-state index in [4.69, 9.17) is 4.74 Å². The van der Waals surface area contributed by atoms with E-state index in [1.54, 1.807) is 6.07 Å². The molecule has 0 bridgehead atoms.